The number of ether oxygens (including phenoxy) is 3. The van der Waals surface area contributed by atoms with E-state index in [1.54, 1.807) is 44.8 Å². The molecule has 0 unspecified atom stereocenters. The Kier molecular flexibility index (Phi) is 10.2. The number of esters is 1. The number of carbonyl (C=O) groups is 1. The quantitative estimate of drug-likeness (QED) is 0.223. The van der Waals surface area contributed by atoms with E-state index in [-0.39, 0.29) is 11.9 Å². The number of aromatic nitrogens is 1. The molecule has 194 valence electrons. The van der Waals surface area contributed by atoms with Crippen LogP contribution in [0, 0.1) is 0 Å². The van der Waals surface area contributed by atoms with Crippen molar-refractivity contribution in [2.75, 3.05) is 19.5 Å². The van der Waals surface area contributed by atoms with E-state index in [0.29, 0.717) is 38.5 Å². The standard InChI is InChI=1S/C27H24Cl2N2O4S.H2O/c1-33-23-10-8-17(12-25(23)34-2)24(13-20-21(28)15-30-16-22(20)29)35-27(32)26-11-9-19(36-26)14-31-18-6-4-3-5-7-18;/h3-12,15-16,24,31H,13-14H2,1-2H3;1H2/t24-;/m0./s1. The van der Waals surface area contributed by atoms with Gasteiger partial charge in [0.2, 0.25) is 0 Å². The lowest BCUT2D eigenvalue weighted by Gasteiger charge is -2.20. The van der Waals surface area contributed by atoms with Crippen molar-refractivity contribution in [2.45, 2.75) is 19.1 Å². The molecule has 0 spiro atoms. The Balaban J connectivity index is 0.00000380. The molecule has 7 nitrogen and oxygen atoms in total. The van der Waals surface area contributed by atoms with Crippen LogP contribution >= 0.6 is 34.5 Å². The third kappa shape index (κ3) is 7.14. The van der Waals surface area contributed by atoms with Crippen molar-refractivity contribution >= 4 is 46.2 Å². The number of benzene rings is 2. The molecule has 3 N–H and O–H groups in total. The first-order chi connectivity index (χ1) is 17.5. The van der Waals surface area contributed by atoms with Gasteiger partial charge in [0.25, 0.3) is 0 Å². The van der Waals surface area contributed by atoms with Crippen LogP contribution in [0.3, 0.4) is 0 Å². The van der Waals surface area contributed by atoms with Crippen molar-refractivity contribution in [3.05, 3.63) is 104 Å². The number of aromatic amines is 1. The number of carbonyl (C=O) groups excluding carboxylic acids is 1. The van der Waals surface area contributed by atoms with Crippen LogP contribution < -0.4 is 19.8 Å². The number of pyridine rings is 1. The Morgan fingerprint density at radius 1 is 0.973 bits per heavy atom. The van der Waals surface area contributed by atoms with Crippen LogP contribution in [0.4, 0.5) is 5.69 Å². The minimum Gasteiger partial charge on any atom is -0.870 e. The van der Waals surface area contributed by atoms with Gasteiger partial charge in [-0.2, -0.15) is 0 Å². The lowest BCUT2D eigenvalue weighted by molar-refractivity contribution is -0.377. The average molecular weight is 561 g/mol. The SMILES string of the molecule is COc1ccc([C@H](Cc2c(Cl)c[nH+]cc2Cl)OC(=O)c2ccc(CNc3ccccc3)s2)cc1OC.[OH-]. The highest BCUT2D eigenvalue weighted by molar-refractivity contribution is 7.13. The number of para-hydroxylation sites is 1. The fourth-order valence-electron chi connectivity index (χ4n) is 3.65. The predicted molar refractivity (Wildman–Crippen MR) is 144 cm³/mol. The van der Waals surface area contributed by atoms with Crippen LogP contribution in [-0.2, 0) is 17.7 Å². The number of nitrogens with one attached hydrogen (secondary N) is 2. The molecule has 0 saturated heterocycles. The maximum absolute atomic E-state index is 13.2. The highest BCUT2D eigenvalue weighted by atomic mass is 35.5. The zero-order valence-corrected chi connectivity index (χ0v) is 22.5. The first kappa shape index (κ1) is 28.3. The lowest BCUT2D eigenvalue weighted by atomic mass is 10.0. The summed E-state index contributed by atoms with van der Waals surface area (Å²) >= 11 is 14.2. The van der Waals surface area contributed by atoms with Gasteiger partial charge in [-0.15, -0.1) is 11.3 Å². The molecule has 4 rings (SSSR count). The summed E-state index contributed by atoms with van der Waals surface area (Å²) in [5.41, 5.74) is 2.41. The van der Waals surface area contributed by atoms with Crippen LogP contribution in [0.5, 0.6) is 11.5 Å². The topological polar surface area (TPSA) is 101 Å². The van der Waals surface area contributed by atoms with E-state index >= 15 is 0 Å². The molecule has 0 radical (unpaired) electrons. The van der Waals surface area contributed by atoms with E-state index in [9.17, 15) is 4.79 Å². The van der Waals surface area contributed by atoms with Gasteiger partial charge in [0, 0.05) is 29.1 Å². The van der Waals surface area contributed by atoms with Crippen LogP contribution in [0.15, 0.2) is 73.1 Å². The molecule has 1 atom stereocenters. The molecular formula is C27H26Cl2N2O5S. The molecule has 2 aromatic heterocycles. The van der Waals surface area contributed by atoms with Crippen molar-refractivity contribution in [3.8, 4) is 11.5 Å². The highest BCUT2D eigenvalue weighted by Gasteiger charge is 2.24. The number of hydrogen-bond donors (Lipinski definition) is 1. The molecule has 4 aromatic rings. The Morgan fingerprint density at radius 3 is 2.35 bits per heavy atom. The van der Waals surface area contributed by atoms with Gasteiger partial charge in [-0.05, 0) is 42.0 Å². The van der Waals surface area contributed by atoms with Crippen molar-refractivity contribution in [3.63, 3.8) is 0 Å². The van der Waals surface area contributed by atoms with E-state index < -0.39 is 12.1 Å². The highest BCUT2D eigenvalue weighted by Crippen LogP contribution is 2.35. The summed E-state index contributed by atoms with van der Waals surface area (Å²) in [5, 5.41) is 4.26. The van der Waals surface area contributed by atoms with Crippen LogP contribution in [0.2, 0.25) is 10.0 Å². The van der Waals surface area contributed by atoms with Crippen LogP contribution in [0.25, 0.3) is 0 Å². The number of hydrogen-bond acceptors (Lipinski definition) is 7. The Hall–Kier alpha value is -3.30. The van der Waals surface area contributed by atoms with Gasteiger partial charge >= 0.3 is 5.97 Å². The number of anilines is 1. The van der Waals surface area contributed by atoms with Gasteiger partial charge in [0.05, 0.1) is 14.2 Å². The second kappa shape index (κ2) is 13.3. The van der Waals surface area contributed by atoms with Gasteiger partial charge in [-0.1, -0.05) is 47.5 Å². The van der Waals surface area contributed by atoms with E-state index in [1.807, 2.05) is 42.5 Å². The fraction of sp³-hybridized carbons (Fsp3) is 0.185. The summed E-state index contributed by atoms with van der Waals surface area (Å²) < 4.78 is 16.8. The van der Waals surface area contributed by atoms with Gasteiger partial charge in [-0.3, -0.25) is 0 Å². The monoisotopic (exact) mass is 560 g/mol. The summed E-state index contributed by atoms with van der Waals surface area (Å²) in [6.45, 7) is 0.604. The van der Waals surface area contributed by atoms with Crippen molar-refractivity contribution in [2.24, 2.45) is 0 Å². The number of methoxy groups -OCH3 is 2. The fourth-order valence-corrected chi connectivity index (χ4v) is 5.02. The van der Waals surface area contributed by atoms with Gasteiger partial charge < -0.3 is 25.0 Å². The zero-order chi connectivity index (χ0) is 25.5. The van der Waals surface area contributed by atoms with Crippen LogP contribution in [0.1, 0.15) is 31.8 Å². The molecule has 0 amide bonds. The first-order valence-corrected chi connectivity index (χ1v) is 12.7. The normalized spacial score (nSPS) is 11.2. The number of H-pyrrole nitrogens is 1. The lowest BCUT2D eigenvalue weighted by Crippen LogP contribution is -2.15. The van der Waals surface area contributed by atoms with E-state index in [2.05, 4.69) is 10.3 Å². The van der Waals surface area contributed by atoms with Crippen molar-refractivity contribution in [1.82, 2.24) is 0 Å². The molecule has 0 aliphatic heterocycles. The maximum atomic E-state index is 13.2. The minimum atomic E-state index is -0.664. The molecule has 2 aromatic carbocycles. The zero-order valence-electron chi connectivity index (χ0n) is 20.2. The largest absolute Gasteiger partial charge is 0.870 e. The molecule has 0 fully saturated rings. The Labute approximate surface area is 229 Å². The summed E-state index contributed by atoms with van der Waals surface area (Å²) in [4.78, 5) is 17.6. The number of thiophene rings is 1. The van der Waals surface area contributed by atoms with E-state index in [1.165, 1.54) is 11.3 Å². The molecule has 0 saturated carbocycles. The number of rotatable bonds is 10. The first-order valence-electron chi connectivity index (χ1n) is 11.1. The average Bonchev–Trinajstić information content (AvgIpc) is 3.38. The predicted octanol–water partition coefficient (Wildman–Crippen LogP) is 6.46. The second-order valence-electron chi connectivity index (χ2n) is 7.83. The number of halogens is 2. The smallest absolute Gasteiger partial charge is 0.348 e. The molecular weight excluding hydrogens is 535 g/mol. The summed E-state index contributed by atoms with van der Waals surface area (Å²) in [5.74, 6) is 0.672. The van der Waals surface area contributed by atoms with E-state index in [4.69, 9.17) is 37.4 Å². The summed E-state index contributed by atoms with van der Waals surface area (Å²) in [7, 11) is 3.12. The van der Waals surface area contributed by atoms with E-state index in [0.717, 1.165) is 16.1 Å². The van der Waals surface area contributed by atoms with Crippen molar-refractivity contribution < 1.29 is 29.5 Å². The Morgan fingerprint density at radius 2 is 1.68 bits per heavy atom. The third-order valence-electron chi connectivity index (χ3n) is 5.52. The molecule has 0 aliphatic rings. The molecule has 37 heavy (non-hydrogen) atoms. The maximum Gasteiger partial charge on any atom is 0.348 e. The Bertz CT molecular complexity index is 1310. The summed E-state index contributed by atoms with van der Waals surface area (Å²) in [6.07, 6.45) is 2.90. The minimum absolute atomic E-state index is 0. The van der Waals surface area contributed by atoms with Gasteiger partial charge in [0.15, 0.2) is 23.9 Å². The molecule has 0 bridgehead atoms. The summed E-state index contributed by atoms with van der Waals surface area (Å²) in [6, 6.07) is 19.0. The van der Waals surface area contributed by atoms with Crippen LogP contribution in [-0.4, -0.2) is 25.7 Å². The molecule has 2 heterocycles. The van der Waals surface area contributed by atoms with Gasteiger partial charge in [0.1, 0.15) is 21.0 Å². The third-order valence-corrected chi connectivity index (χ3v) is 7.26. The second-order valence-corrected chi connectivity index (χ2v) is 9.81. The molecule has 0 aliphatic carbocycles. The van der Waals surface area contributed by atoms with Crippen molar-refractivity contribution in [1.29, 1.82) is 0 Å². The van der Waals surface area contributed by atoms with Gasteiger partial charge in [-0.25, -0.2) is 9.78 Å². The molecule has 10 heteroatoms.